The largest absolute Gasteiger partial charge is 0.366 e. The number of nitrogens with zero attached hydrogens (tertiary/aromatic N) is 3. The molecule has 30 heavy (non-hydrogen) atoms. The zero-order valence-corrected chi connectivity index (χ0v) is 18.1. The van der Waals surface area contributed by atoms with Gasteiger partial charge in [0.25, 0.3) is 0 Å². The van der Waals surface area contributed by atoms with E-state index in [1.807, 2.05) is 4.90 Å². The molecule has 2 amide bonds. The second-order valence-corrected chi connectivity index (χ2v) is 8.41. The van der Waals surface area contributed by atoms with Crippen molar-refractivity contribution in [3.05, 3.63) is 40.7 Å². The third kappa shape index (κ3) is 5.21. The maximum absolute atomic E-state index is 14.4. The Balaban J connectivity index is 1.54. The molecule has 7 nitrogen and oxygen atoms in total. The molecule has 2 aromatic rings. The number of anilines is 2. The number of hydrogen-bond acceptors (Lipinski definition) is 6. The van der Waals surface area contributed by atoms with Crippen molar-refractivity contribution in [1.29, 1.82) is 0 Å². The summed E-state index contributed by atoms with van der Waals surface area (Å²) in [6.45, 7) is 6.99. The molecule has 1 aromatic carbocycles. The van der Waals surface area contributed by atoms with Gasteiger partial charge in [0.1, 0.15) is 5.82 Å². The minimum Gasteiger partial charge on any atom is -0.366 e. The highest BCUT2D eigenvalue weighted by Gasteiger charge is 2.24. The molecule has 1 fully saturated rings. The number of Topliss-reactive ketones (excluding diaryl/α,β-unsaturated/α-hetero) is 1. The van der Waals surface area contributed by atoms with Crippen molar-refractivity contribution in [3.8, 4) is 0 Å². The Kier molecular flexibility index (Phi) is 6.81. The van der Waals surface area contributed by atoms with Crippen LogP contribution in [0.5, 0.6) is 0 Å². The highest BCUT2D eigenvalue weighted by Crippen LogP contribution is 2.23. The van der Waals surface area contributed by atoms with Gasteiger partial charge in [0, 0.05) is 43.0 Å². The van der Waals surface area contributed by atoms with Crippen molar-refractivity contribution in [1.82, 2.24) is 9.88 Å². The standard InChI is InChI=1S/C21H25FN4O3S/c1-13(2)20(29)24-21-23-16(12-30-21)11-19(28)26-8-6-25(7-9-26)18-5-4-15(14(3)27)10-17(18)22/h4-5,10,12-13H,6-9,11H2,1-3H3,(H,23,24,29). The summed E-state index contributed by atoms with van der Waals surface area (Å²) in [6, 6.07) is 4.50. The summed E-state index contributed by atoms with van der Waals surface area (Å²) < 4.78 is 14.4. The summed E-state index contributed by atoms with van der Waals surface area (Å²) >= 11 is 1.30. The highest BCUT2D eigenvalue weighted by molar-refractivity contribution is 7.13. The molecule has 0 atom stereocenters. The Morgan fingerprint density at radius 3 is 2.50 bits per heavy atom. The number of carbonyl (C=O) groups is 3. The first-order valence-electron chi connectivity index (χ1n) is 9.83. The molecule has 0 aliphatic carbocycles. The summed E-state index contributed by atoms with van der Waals surface area (Å²) in [5.74, 6) is -0.902. The molecule has 3 rings (SSSR count). The third-order valence-corrected chi connectivity index (χ3v) is 5.77. The van der Waals surface area contributed by atoms with Gasteiger partial charge in [-0.15, -0.1) is 11.3 Å². The lowest BCUT2D eigenvalue weighted by atomic mass is 10.1. The molecule has 0 unspecified atom stereocenters. The number of piperazine rings is 1. The van der Waals surface area contributed by atoms with Crippen molar-refractivity contribution in [2.45, 2.75) is 27.2 Å². The molecule has 1 N–H and O–H groups in total. The average molecular weight is 433 g/mol. The van der Waals surface area contributed by atoms with E-state index >= 15 is 0 Å². The first-order valence-corrected chi connectivity index (χ1v) is 10.7. The van der Waals surface area contributed by atoms with E-state index < -0.39 is 5.82 Å². The van der Waals surface area contributed by atoms with E-state index in [2.05, 4.69) is 10.3 Å². The molecule has 1 aliphatic rings. The predicted octanol–water partition coefficient (Wildman–Crippen LogP) is 2.97. The summed E-state index contributed by atoms with van der Waals surface area (Å²) in [4.78, 5) is 43.7. The average Bonchev–Trinajstić information content (AvgIpc) is 3.14. The topological polar surface area (TPSA) is 82.6 Å². The van der Waals surface area contributed by atoms with Crippen LogP contribution >= 0.6 is 11.3 Å². The minimum absolute atomic E-state index is 0.0471. The Labute approximate surface area is 178 Å². The Hall–Kier alpha value is -2.81. The molecule has 160 valence electrons. The summed E-state index contributed by atoms with van der Waals surface area (Å²) in [7, 11) is 0. The Morgan fingerprint density at radius 1 is 1.20 bits per heavy atom. The predicted molar refractivity (Wildman–Crippen MR) is 114 cm³/mol. The number of carbonyl (C=O) groups excluding carboxylic acids is 3. The van der Waals surface area contributed by atoms with Gasteiger partial charge in [-0.2, -0.15) is 0 Å². The van der Waals surface area contributed by atoms with Crippen LogP contribution in [0.3, 0.4) is 0 Å². The number of benzene rings is 1. The van der Waals surface area contributed by atoms with Crippen LogP contribution in [0.4, 0.5) is 15.2 Å². The van der Waals surface area contributed by atoms with E-state index in [1.54, 1.807) is 36.3 Å². The number of rotatable bonds is 6. The molecule has 1 saturated heterocycles. The maximum Gasteiger partial charge on any atom is 0.228 e. The number of aromatic nitrogens is 1. The van der Waals surface area contributed by atoms with Crippen LogP contribution in [-0.2, 0) is 16.0 Å². The van der Waals surface area contributed by atoms with Gasteiger partial charge in [-0.3, -0.25) is 14.4 Å². The lowest BCUT2D eigenvalue weighted by Crippen LogP contribution is -2.49. The number of amides is 2. The summed E-state index contributed by atoms with van der Waals surface area (Å²) in [6.07, 6.45) is 0.162. The Bertz CT molecular complexity index is 951. The fraction of sp³-hybridized carbons (Fsp3) is 0.429. The van der Waals surface area contributed by atoms with E-state index in [0.717, 1.165) is 0 Å². The second-order valence-electron chi connectivity index (χ2n) is 7.55. The lowest BCUT2D eigenvalue weighted by Gasteiger charge is -2.36. The molecule has 0 saturated carbocycles. The number of halogens is 1. The van der Waals surface area contributed by atoms with Gasteiger partial charge in [0.05, 0.1) is 17.8 Å². The molecule has 0 radical (unpaired) electrons. The molecular weight excluding hydrogens is 407 g/mol. The van der Waals surface area contributed by atoms with Gasteiger partial charge in [-0.05, 0) is 25.1 Å². The molecule has 0 bridgehead atoms. The molecule has 1 aromatic heterocycles. The SMILES string of the molecule is CC(=O)c1ccc(N2CCN(C(=O)Cc3csc(NC(=O)C(C)C)n3)CC2)c(F)c1. The van der Waals surface area contributed by atoms with Gasteiger partial charge in [-0.25, -0.2) is 9.37 Å². The minimum atomic E-state index is -0.430. The van der Waals surface area contributed by atoms with Gasteiger partial charge < -0.3 is 15.1 Å². The molecule has 9 heteroatoms. The monoisotopic (exact) mass is 432 g/mol. The van der Waals surface area contributed by atoms with Crippen LogP contribution < -0.4 is 10.2 Å². The van der Waals surface area contributed by atoms with Crippen molar-refractivity contribution in [2.24, 2.45) is 5.92 Å². The van der Waals surface area contributed by atoms with Crippen molar-refractivity contribution in [3.63, 3.8) is 0 Å². The number of ketones is 1. The molecule has 1 aliphatic heterocycles. The number of hydrogen-bond donors (Lipinski definition) is 1. The fourth-order valence-corrected chi connectivity index (χ4v) is 3.85. The van der Waals surface area contributed by atoms with Crippen LogP contribution in [0.2, 0.25) is 0 Å². The van der Waals surface area contributed by atoms with E-state index in [-0.39, 0.29) is 29.9 Å². The number of nitrogens with one attached hydrogen (secondary N) is 1. The van der Waals surface area contributed by atoms with Crippen LogP contribution in [0.25, 0.3) is 0 Å². The molecular formula is C21H25FN4O3S. The second kappa shape index (κ2) is 9.34. The van der Waals surface area contributed by atoms with E-state index in [4.69, 9.17) is 0 Å². The van der Waals surface area contributed by atoms with E-state index in [9.17, 15) is 18.8 Å². The van der Waals surface area contributed by atoms with Gasteiger partial charge in [0.2, 0.25) is 11.8 Å². The first-order chi connectivity index (χ1) is 14.2. The van der Waals surface area contributed by atoms with Crippen LogP contribution in [-0.4, -0.2) is 53.7 Å². The zero-order valence-electron chi connectivity index (χ0n) is 17.3. The van der Waals surface area contributed by atoms with Crippen LogP contribution in [0.15, 0.2) is 23.6 Å². The smallest absolute Gasteiger partial charge is 0.228 e. The Morgan fingerprint density at radius 2 is 1.90 bits per heavy atom. The zero-order chi connectivity index (χ0) is 21.8. The molecule has 2 heterocycles. The first kappa shape index (κ1) is 21.9. The van der Waals surface area contributed by atoms with Crippen molar-refractivity contribution in [2.75, 3.05) is 36.4 Å². The van der Waals surface area contributed by atoms with Crippen molar-refractivity contribution >= 4 is 39.8 Å². The summed E-state index contributed by atoms with van der Waals surface area (Å²) in [5.41, 5.74) is 1.41. The van der Waals surface area contributed by atoms with Gasteiger partial charge in [-0.1, -0.05) is 13.8 Å². The van der Waals surface area contributed by atoms with Crippen LogP contribution in [0, 0.1) is 11.7 Å². The number of thiazole rings is 1. The quantitative estimate of drug-likeness (QED) is 0.710. The normalized spacial score (nSPS) is 14.2. The van der Waals surface area contributed by atoms with Crippen molar-refractivity contribution < 1.29 is 18.8 Å². The fourth-order valence-electron chi connectivity index (χ4n) is 3.14. The van der Waals surface area contributed by atoms with Crippen LogP contribution in [0.1, 0.15) is 36.8 Å². The lowest BCUT2D eigenvalue weighted by molar-refractivity contribution is -0.130. The third-order valence-electron chi connectivity index (χ3n) is 4.97. The maximum atomic E-state index is 14.4. The molecule has 0 spiro atoms. The van der Waals surface area contributed by atoms with Gasteiger partial charge >= 0.3 is 0 Å². The van der Waals surface area contributed by atoms with E-state index in [0.29, 0.717) is 48.3 Å². The van der Waals surface area contributed by atoms with E-state index in [1.165, 1.54) is 24.3 Å². The van der Waals surface area contributed by atoms with Gasteiger partial charge in [0.15, 0.2) is 10.9 Å². The highest BCUT2D eigenvalue weighted by atomic mass is 32.1. The summed E-state index contributed by atoms with van der Waals surface area (Å²) in [5, 5.41) is 5.00.